The summed E-state index contributed by atoms with van der Waals surface area (Å²) < 4.78 is 19.9. The SMILES string of the molecule is c1ccc(-n2c3ccccc3c3ccc4c5ccccc5n(-c5ccc(N(c6ccc(-n7c8ccccc8c8ccc9c%10ccccc%10n(-c%10ccccc%10)c9c87)cc6)c6ccc7c(c6)Sc6ccc(N(c8ccc(-n9c%10ccccc%10c%10ccc%11c%12ccccc%12n(-c%12ccccc%12)c%11c%109)cc8)c8ccc(-n9c%10ccccc%10c%10ccc%11c%12ccccc%12n(-c%12ccccc%12)c%11c%109)cc8)cc6S7)cc5)c4c32)cc1. The molecule has 22 aromatic carbocycles. The minimum absolute atomic E-state index is 1.03. The van der Waals surface area contributed by atoms with Crippen LogP contribution in [0.1, 0.15) is 0 Å². The molecule has 0 spiro atoms. The van der Waals surface area contributed by atoms with Gasteiger partial charge in [-0.2, -0.15) is 0 Å². The third kappa shape index (κ3) is 11.9. The van der Waals surface area contributed by atoms with Crippen molar-refractivity contribution in [1.29, 1.82) is 0 Å². The molecule has 1 aliphatic rings. The summed E-state index contributed by atoms with van der Waals surface area (Å²) in [7, 11) is 0. The molecule has 0 saturated carbocycles. The van der Waals surface area contributed by atoms with Crippen LogP contribution in [0, 0.1) is 0 Å². The Hall–Kier alpha value is -18.5. The third-order valence-electron chi connectivity index (χ3n) is 30.2. The number of benzene rings is 22. The van der Waals surface area contributed by atoms with Crippen LogP contribution in [0.15, 0.2) is 517 Å². The van der Waals surface area contributed by atoms with Crippen LogP contribution in [0.25, 0.3) is 220 Å². The molecule has 0 saturated heterocycles. The van der Waals surface area contributed by atoms with Crippen LogP contribution in [-0.4, -0.2) is 36.5 Å². The average Bonchev–Trinajstić information content (AvgIpc) is 1.56. The predicted molar refractivity (Wildman–Crippen MR) is 605 cm³/mol. The summed E-state index contributed by atoms with van der Waals surface area (Å²) in [5, 5.41) is 19.4. The molecule has 31 rings (SSSR count). The molecule has 0 bridgehead atoms. The van der Waals surface area contributed by atoms with Gasteiger partial charge >= 0.3 is 0 Å². The number of nitrogens with zero attached hydrogens (tertiary/aromatic N) is 10. The molecular weight excluding hydrogens is 1790 g/mol. The highest BCUT2D eigenvalue weighted by molar-refractivity contribution is 8.05. The highest BCUT2D eigenvalue weighted by Crippen LogP contribution is 2.55. The zero-order valence-electron chi connectivity index (χ0n) is 77.6. The Balaban J connectivity index is 0.560. The van der Waals surface area contributed by atoms with Crippen LogP contribution < -0.4 is 9.80 Å². The van der Waals surface area contributed by atoms with Gasteiger partial charge in [0, 0.05) is 185 Å². The number of hydrogen-bond donors (Lipinski definition) is 0. The quantitative estimate of drug-likeness (QED) is 0.109. The van der Waals surface area contributed by atoms with Crippen molar-refractivity contribution in [3.8, 4) is 45.5 Å². The highest BCUT2D eigenvalue weighted by atomic mass is 32.2. The molecule has 0 N–H and O–H groups in total. The van der Waals surface area contributed by atoms with Crippen LogP contribution in [-0.2, 0) is 0 Å². The lowest BCUT2D eigenvalue weighted by Gasteiger charge is -2.29. The van der Waals surface area contributed by atoms with Crippen LogP contribution in [0.3, 0.4) is 0 Å². The zero-order chi connectivity index (χ0) is 94.0. The van der Waals surface area contributed by atoms with Crippen molar-refractivity contribution in [3.63, 3.8) is 0 Å². The molecule has 0 fully saturated rings. The summed E-state index contributed by atoms with van der Waals surface area (Å²) in [5.74, 6) is 0. The summed E-state index contributed by atoms with van der Waals surface area (Å²) in [6, 6.07) is 185. The Bertz CT molecular complexity index is 9440. The van der Waals surface area contributed by atoms with Gasteiger partial charge < -0.3 is 46.3 Å². The number of anilines is 6. The van der Waals surface area contributed by atoms with Gasteiger partial charge in [-0.3, -0.25) is 0 Å². The Morgan fingerprint density at radius 3 is 0.451 bits per heavy atom. The van der Waals surface area contributed by atoms with Gasteiger partial charge in [-0.05, 0) is 231 Å². The molecule has 1 aliphatic heterocycles. The minimum Gasteiger partial charge on any atom is -0.310 e. The van der Waals surface area contributed by atoms with Crippen molar-refractivity contribution < 1.29 is 0 Å². The Morgan fingerprint density at radius 1 is 0.118 bits per heavy atom. The van der Waals surface area contributed by atoms with E-state index in [1.807, 2.05) is 23.5 Å². The first-order valence-corrected chi connectivity index (χ1v) is 50.8. The van der Waals surface area contributed by atoms with Gasteiger partial charge in [-0.25, -0.2) is 0 Å². The molecule has 9 heterocycles. The lowest BCUT2D eigenvalue weighted by Crippen LogP contribution is -2.11. The second-order valence-electron chi connectivity index (χ2n) is 37.8. The van der Waals surface area contributed by atoms with Crippen molar-refractivity contribution >= 4 is 232 Å². The molecule has 672 valence electrons. The van der Waals surface area contributed by atoms with Gasteiger partial charge in [-0.15, -0.1) is 0 Å². The van der Waals surface area contributed by atoms with Crippen LogP contribution in [0.4, 0.5) is 34.1 Å². The molecule has 144 heavy (non-hydrogen) atoms. The first-order chi connectivity index (χ1) is 71.5. The summed E-state index contributed by atoms with van der Waals surface area (Å²) >= 11 is 3.69. The van der Waals surface area contributed by atoms with E-state index in [4.69, 9.17) is 0 Å². The van der Waals surface area contributed by atoms with Crippen molar-refractivity contribution in [2.45, 2.75) is 19.6 Å². The highest BCUT2D eigenvalue weighted by Gasteiger charge is 2.31. The fraction of sp³-hybridized carbons (Fsp3) is 0. The number of rotatable bonds is 14. The topological polar surface area (TPSA) is 45.9 Å². The van der Waals surface area contributed by atoms with Crippen molar-refractivity contribution in [3.05, 3.63) is 497 Å². The molecule has 10 nitrogen and oxygen atoms in total. The van der Waals surface area contributed by atoms with E-state index in [0.29, 0.717) is 0 Å². The fourth-order valence-corrected chi connectivity index (χ4v) is 26.5. The van der Waals surface area contributed by atoms with E-state index in [0.717, 1.165) is 124 Å². The standard InChI is InChI=1S/C132H82N10S2/c1-5-29-83(30-6-1)135-113-45-21-13-37-97(113)105-71-75-109-101-41-17-25-49-117(101)139(129(109)125(105)135)91-61-53-87(54-62-91)133(88-55-63-92(64-56-88)140-118-50-26-18-42-102(118)110-76-72-106-98-38-14-22-46-114(98)136(126(106)130(110)140)84-31-7-2-8-32-84)95-69-79-121-123(81-95)143-122-80-70-96(82-124(122)144-121)134(89-57-65-93(66-58-89)141-119-51-27-19-43-103(119)111-77-73-107-99-39-15-23-47-115(99)137(127(107)131(111)141)85-33-9-3-10-34-85)90-59-67-94(68-60-90)142-120-52-28-20-44-104(120)112-78-74-108-100-40-16-24-48-116(100)138(128(108)132(112)142)86-35-11-4-12-36-86/h1-82H. The number of hydrogen-bond acceptors (Lipinski definition) is 4. The van der Waals surface area contributed by atoms with E-state index in [1.54, 1.807) is 0 Å². The zero-order valence-corrected chi connectivity index (χ0v) is 79.3. The molecule has 0 amide bonds. The molecule has 8 aromatic heterocycles. The normalized spacial score (nSPS) is 12.4. The first kappa shape index (κ1) is 80.5. The molecular formula is C132H82N10S2. The largest absolute Gasteiger partial charge is 0.310 e. The summed E-state index contributed by atoms with van der Waals surface area (Å²) in [4.78, 5) is 9.66. The van der Waals surface area contributed by atoms with Crippen LogP contribution in [0.5, 0.6) is 0 Å². The van der Waals surface area contributed by atoms with E-state index in [2.05, 4.69) is 544 Å². The maximum atomic E-state index is 2.50. The van der Waals surface area contributed by atoms with E-state index >= 15 is 0 Å². The Kier molecular flexibility index (Phi) is 17.6. The maximum Gasteiger partial charge on any atom is 0.0788 e. The molecule has 0 unspecified atom stereocenters. The minimum atomic E-state index is 1.03. The Morgan fingerprint density at radius 2 is 0.271 bits per heavy atom. The van der Waals surface area contributed by atoms with E-state index in [1.165, 1.54) is 150 Å². The van der Waals surface area contributed by atoms with E-state index in [9.17, 15) is 0 Å². The second-order valence-corrected chi connectivity index (χ2v) is 40.0. The molecule has 0 radical (unpaired) electrons. The summed E-state index contributed by atoms with van der Waals surface area (Å²) in [6.07, 6.45) is 0. The lowest BCUT2D eigenvalue weighted by atomic mass is 10.1. The summed E-state index contributed by atoms with van der Waals surface area (Å²) in [5.41, 5.74) is 33.6. The smallest absolute Gasteiger partial charge is 0.0788 e. The van der Waals surface area contributed by atoms with Gasteiger partial charge in [0.2, 0.25) is 0 Å². The number of para-hydroxylation sites is 12. The van der Waals surface area contributed by atoms with Crippen LogP contribution in [0.2, 0.25) is 0 Å². The van der Waals surface area contributed by atoms with Gasteiger partial charge in [0.25, 0.3) is 0 Å². The molecule has 30 aromatic rings. The monoisotopic (exact) mass is 1870 g/mol. The lowest BCUT2D eigenvalue weighted by molar-refractivity contribution is 1.12. The maximum absolute atomic E-state index is 2.50. The second kappa shape index (κ2) is 31.5. The first-order valence-electron chi connectivity index (χ1n) is 49.2. The number of fused-ring (bicyclic) bond motifs is 30. The average molecular weight is 1870 g/mol. The predicted octanol–water partition coefficient (Wildman–Crippen LogP) is 36.0. The van der Waals surface area contributed by atoms with Gasteiger partial charge in [0.1, 0.15) is 0 Å². The van der Waals surface area contributed by atoms with E-state index < -0.39 is 0 Å². The third-order valence-corrected chi connectivity index (χ3v) is 32.7. The van der Waals surface area contributed by atoms with Gasteiger partial charge in [0.15, 0.2) is 0 Å². The van der Waals surface area contributed by atoms with Gasteiger partial charge in [-0.1, -0.05) is 290 Å². The molecule has 0 atom stereocenters. The van der Waals surface area contributed by atoms with Gasteiger partial charge in [0.05, 0.1) is 88.3 Å². The number of aromatic nitrogens is 8. The van der Waals surface area contributed by atoms with Crippen molar-refractivity contribution in [2.24, 2.45) is 0 Å². The molecule has 12 heteroatoms. The van der Waals surface area contributed by atoms with Crippen LogP contribution >= 0.6 is 23.5 Å². The van der Waals surface area contributed by atoms with Crippen molar-refractivity contribution in [2.75, 3.05) is 9.80 Å². The Labute approximate surface area is 834 Å². The van der Waals surface area contributed by atoms with Crippen molar-refractivity contribution in [1.82, 2.24) is 36.5 Å². The fourth-order valence-electron chi connectivity index (χ4n) is 24.2. The van der Waals surface area contributed by atoms with E-state index in [-0.39, 0.29) is 0 Å². The summed E-state index contributed by atoms with van der Waals surface area (Å²) in [6.45, 7) is 0. The molecule has 0 aliphatic carbocycles.